The third-order valence-corrected chi connectivity index (χ3v) is 4.06. The van der Waals surface area contributed by atoms with Crippen LogP contribution in [0.4, 0.5) is 5.69 Å². The number of carbonyl (C=O) groups is 1. The number of nitrogen functional groups attached to an aromatic ring is 1. The Morgan fingerprint density at radius 1 is 1.11 bits per heavy atom. The van der Waals surface area contributed by atoms with Gasteiger partial charge in [0.1, 0.15) is 6.29 Å². The van der Waals surface area contributed by atoms with Crippen LogP contribution in [0.15, 0.2) is 12.1 Å². The molecule has 0 unspecified atom stereocenters. The number of rotatable bonds is 4. The van der Waals surface area contributed by atoms with Crippen molar-refractivity contribution in [2.75, 3.05) is 20.0 Å². The summed E-state index contributed by atoms with van der Waals surface area (Å²) in [5.41, 5.74) is 7.14. The van der Waals surface area contributed by atoms with Crippen molar-refractivity contribution in [3.8, 4) is 11.5 Å². The van der Waals surface area contributed by atoms with Gasteiger partial charge in [0.25, 0.3) is 0 Å². The van der Waals surface area contributed by atoms with Crippen molar-refractivity contribution in [3.05, 3.63) is 17.7 Å². The molecule has 0 atom stereocenters. The predicted molar refractivity (Wildman–Crippen MR) is 74.8 cm³/mol. The van der Waals surface area contributed by atoms with E-state index in [1.54, 1.807) is 20.3 Å². The molecule has 0 aromatic heterocycles. The minimum Gasteiger partial charge on any atom is -0.493 e. The monoisotopic (exact) mass is 263 g/mol. The molecule has 0 heterocycles. The van der Waals surface area contributed by atoms with E-state index in [2.05, 4.69) is 0 Å². The highest BCUT2D eigenvalue weighted by Crippen LogP contribution is 2.44. The lowest BCUT2D eigenvalue weighted by molar-refractivity contribution is -0.113. The normalized spacial score (nSPS) is 17.8. The van der Waals surface area contributed by atoms with Crippen molar-refractivity contribution in [2.45, 2.75) is 37.5 Å². The zero-order valence-corrected chi connectivity index (χ0v) is 11.6. The summed E-state index contributed by atoms with van der Waals surface area (Å²) in [6.07, 6.45) is 6.08. The minimum absolute atomic E-state index is 0.456. The van der Waals surface area contributed by atoms with Crippen LogP contribution >= 0.6 is 0 Å². The van der Waals surface area contributed by atoms with Gasteiger partial charge in [-0.15, -0.1) is 0 Å². The first kappa shape index (κ1) is 13.7. The maximum atomic E-state index is 11.7. The van der Waals surface area contributed by atoms with Crippen LogP contribution in [0.3, 0.4) is 0 Å². The number of nitrogens with two attached hydrogens (primary N) is 1. The van der Waals surface area contributed by atoms with Gasteiger partial charge in [-0.25, -0.2) is 0 Å². The molecular formula is C15H21NO3. The second-order valence-electron chi connectivity index (χ2n) is 5.13. The Hall–Kier alpha value is -1.71. The van der Waals surface area contributed by atoms with Gasteiger partial charge in [-0.05, 0) is 24.5 Å². The second-order valence-corrected chi connectivity index (χ2v) is 5.13. The lowest BCUT2D eigenvalue weighted by Crippen LogP contribution is -2.31. The molecule has 1 aromatic carbocycles. The number of aldehydes is 1. The van der Waals surface area contributed by atoms with Gasteiger partial charge >= 0.3 is 0 Å². The van der Waals surface area contributed by atoms with E-state index >= 15 is 0 Å². The summed E-state index contributed by atoms with van der Waals surface area (Å²) < 4.78 is 10.5. The molecule has 0 bridgehead atoms. The second kappa shape index (κ2) is 5.51. The van der Waals surface area contributed by atoms with Crippen molar-refractivity contribution in [3.63, 3.8) is 0 Å². The van der Waals surface area contributed by atoms with E-state index in [0.29, 0.717) is 17.2 Å². The fourth-order valence-corrected chi connectivity index (χ4v) is 2.96. The SMILES string of the molecule is COc1cc(N)c(C2(C=O)CCCCC2)cc1OC. The molecule has 2 N–H and O–H groups in total. The minimum atomic E-state index is -0.456. The van der Waals surface area contributed by atoms with Crippen LogP contribution in [0.1, 0.15) is 37.7 Å². The van der Waals surface area contributed by atoms with Crippen LogP contribution in [0.25, 0.3) is 0 Å². The molecule has 0 aliphatic heterocycles. The van der Waals surface area contributed by atoms with E-state index in [1.165, 1.54) is 6.42 Å². The van der Waals surface area contributed by atoms with E-state index in [0.717, 1.165) is 37.5 Å². The van der Waals surface area contributed by atoms with Crippen molar-refractivity contribution >= 4 is 12.0 Å². The Morgan fingerprint density at radius 3 is 2.21 bits per heavy atom. The molecule has 0 amide bonds. The molecule has 0 spiro atoms. The molecule has 19 heavy (non-hydrogen) atoms. The van der Waals surface area contributed by atoms with Gasteiger partial charge in [0, 0.05) is 11.8 Å². The Balaban J connectivity index is 2.50. The number of carbonyl (C=O) groups excluding carboxylic acids is 1. The number of ether oxygens (including phenoxy) is 2. The van der Waals surface area contributed by atoms with E-state index < -0.39 is 5.41 Å². The Bertz CT molecular complexity index is 465. The topological polar surface area (TPSA) is 61.5 Å². The average Bonchev–Trinajstić information content (AvgIpc) is 2.47. The van der Waals surface area contributed by atoms with Gasteiger partial charge in [0.05, 0.1) is 19.6 Å². The summed E-state index contributed by atoms with van der Waals surface area (Å²) >= 11 is 0. The molecule has 1 saturated carbocycles. The number of benzene rings is 1. The van der Waals surface area contributed by atoms with Gasteiger partial charge in [-0.3, -0.25) is 0 Å². The van der Waals surface area contributed by atoms with Crippen molar-refractivity contribution in [1.82, 2.24) is 0 Å². The van der Waals surface area contributed by atoms with Crippen molar-refractivity contribution in [1.29, 1.82) is 0 Å². The molecule has 0 saturated heterocycles. The zero-order valence-electron chi connectivity index (χ0n) is 11.6. The van der Waals surface area contributed by atoms with E-state index in [-0.39, 0.29) is 0 Å². The molecule has 0 radical (unpaired) electrons. The average molecular weight is 263 g/mol. The summed E-state index contributed by atoms with van der Waals surface area (Å²) in [5, 5.41) is 0. The fourth-order valence-electron chi connectivity index (χ4n) is 2.96. The number of hydrogen-bond donors (Lipinski definition) is 1. The van der Waals surface area contributed by atoms with Crippen molar-refractivity contribution < 1.29 is 14.3 Å². The first-order valence-corrected chi connectivity index (χ1v) is 6.65. The summed E-state index contributed by atoms with van der Waals surface area (Å²) in [6.45, 7) is 0. The lowest BCUT2D eigenvalue weighted by Gasteiger charge is -2.33. The van der Waals surface area contributed by atoms with Crippen molar-refractivity contribution in [2.24, 2.45) is 0 Å². The predicted octanol–water partition coefficient (Wildman–Crippen LogP) is 2.69. The van der Waals surface area contributed by atoms with E-state index in [1.807, 2.05) is 6.07 Å². The van der Waals surface area contributed by atoms with Crippen LogP contribution in [-0.4, -0.2) is 20.5 Å². The van der Waals surface area contributed by atoms with Gasteiger partial charge in [-0.1, -0.05) is 19.3 Å². The Morgan fingerprint density at radius 2 is 1.68 bits per heavy atom. The highest BCUT2D eigenvalue weighted by molar-refractivity contribution is 5.75. The number of methoxy groups -OCH3 is 2. The molecule has 1 aliphatic carbocycles. The Kier molecular flexibility index (Phi) is 3.98. The van der Waals surface area contributed by atoms with Gasteiger partial charge in [-0.2, -0.15) is 0 Å². The molecule has 4 nitrogen and oxygen atoms in total. The van der Waals surface area contributed by atoms with E-state index in [4.69, 9.17) is 15.2 Å². The Labute approximate surface area is 113 Å². The third-order valence-electron chi connectivity index (χ3n) is 4.06. The summed E-state index contributed by atoms with van der Waals surface area (Å²) in [7, 11) is 3.17. The molecule has 2 rings (SSSR count). The van der Waals surface area contributed by atoms with Crippen LogP contribution in [0.2, 0.25) is 0 Å². The maximum Gasteiger partial charge on any atom is 0.162 e. The fraction of sp³-hybridized carbons (Fsp3) is 0.533. The quantitative estimate of drug-likeness (QED) is 0.670. The summed E-state index contributed by atoms with van der Waals surface area (Å²) in [5.74, 6) is 1.22. The molecule has 104 valence electrons. The van der Waals surface area contributed by atoms with Gasteiger partial charge < -0.3 is 20.0 Å². The molecular weight excluding hydrogens is 242 g/mol. The van der Waals surface area contributed by atoms with Gasteiger partial charge in [0.15, 0.2) is 11.5 Å². The van der Waals surface area contributed by atoms with Crippen LogP contribution in [0.5, 0.6) is 11.5 Å². The molecule has 4 heteroatoms. The zero-order chi connectivity index (χ0) is 13.9. The van der Waals surface area contributed by atoms with Gasteiger partial charge in [0.2, 0.25) is 0 Å². The van der Waals surface area contributed by atoms with Crippen LogP contribution in [-0.2, 0) is 10.2 Å². The molecule has 1 aromatic rings. The number of anilines is 1. The first-order valence-electron chi connectivity index (χ1n) is 6.65. The first-order chi connectivity index (χ1) is 9.16. The van der Waals surface area contributed by atoms with Crippen LogP contribution in [0, 0.1) is 0 Å². The number of hydrogen-bond acceptors (Lipinski definition) is 4. The van der Waals surface area contributed by atoms with Crippen LogP contribution < -0.4 is 15.2 Å². The molecule has 1 aliphatic rings. The third kappa shape index (κ3) is 2.39. The highest BCUT2D eigenvalue weighted by Gasteiger charge is 2.36. The maximum absolute atomic E-state index is 11.7. The largest absolute Gasteiger partial charge is 0.493 e. The lowest BCUT2D eigenvalue weighted by atomic mass is 9.70. The van der Waals surface area contributed by atoms with E-state index in [9.17, 15) is 4.79 Å². The molecule has 1 fully saturated rings. The highest BCUT2D eigenvalue weighted by atomic mass is 16.5. The standard InChI is InChI=1S/C15H21NO3/c1-18-13-8-11(12(16)9-14(13)19-2)15(10-17)6-4-3-5-7-15/h8-10H,3-7,16H2,1-2H3. The summed E-state index contributed by atoms with van der Waals surface area (Å²) in [6, 6.07) is 3.60. The summed E-state index contributed by atoms with van der Waals surface area (Å²) in [4.78, 5) is 11.7. The smallest absolute Gasteiger partial charge is 0.162 e.